The van der Waals surface area contributed by atoms with Crippen LogP contribution in [-0.2, 0) is 19.7 Å². The smallest absolute Gasteiger partial charge is 0.747 e. The predicted octanol–water partition coefficient (Wildman–Crippen LogP) is -13.2. The van der Waals surface area contributed by atoms with Gasteiger partial charge in [0.15, 0.2) is 0 Å². The third-order valence-electron chi connectivity index (χ3n) is 0.963. The molecule has 1 atom stereocenters. The Kier molecular flexibility index (Phi) is 16.2. The molecular formula is C4H3Li3O7S. The fourth-order valence-corrected chi connectivity index (χ4v) is 1.03. The van der Waals surface area contributed by atoms with Crippen molar-refractivity contribution in [2.75, 3.05) is 0 Å². The molecule has 70 valence electrons. The Hall–Kier alpha value is 0.642. The van der Waals surface area contributed by atoms with E-state index in [1.54, 1.807) is 0 Å². The van der Waals surface area contributed by atoms with E-state index in [1.807, 2.05) is 0 Å². The van der Waals surface area contributed by atoms with E-state index in [0.717, 1.165) is 0 Å². The minimum Gasteiger partial charge on any atom is -0.747 e. The van der Waals surface area contributed by atoms with Crippen LogP contribution < -0.4 is 66.8 Å². The Bertz CT molecular complexity index is 299. The first-order chi connectivity index (χ1) is 5.25. The molecule has 11 heteroatoms. The van der Waals surface area contributed by atoms with Crippen molar-refractivity contribution in [3.05, 3.63) is 0 Å². The number of carbonyl (C=O) groups is 2. The van der Waals surface area contributed by atoms with Crippen LogP contribution in [0.3, 0.4) is 0 Å². The Morgan fingerprint density at radius 2 is 1.40 bits per heavy atom. The summed E-state index contributed by atoms with van der Waals surface area (Å²) in [7, 11) is -5.19. The normalized spacial score (nSPS) is 11.0. The van der Waals surface area contributed by atoms with Crippen molar-refractivity contribution in [2.45, 2.75) is 11.7 Å². The number of carboxylic acid groups (broad SMARTS) is 2. The topological polar surface area (TPSA) is 137 Å². The number of carboxylic acids is 2. The van der Waals surface area contributed by atoms with Crippen LogP contribution >= 0.6 is 0 Å². The van der Waals surface area contributed by atoms with E-state index in [4.69, 9.17) is 0 Å². The quantitative estimate of drug-likeness (QED) is 0.335. The third-order valence-corrected chi connectivity index (χ3v) is 2.02. The van der Waals surface area contributed by atoms with Gasteiger partial charge in [-0.05, 0) is 0 Å². The second-order valence-electron chi connectivity index (χ2n) is 1.88. The van der Waals surface area contributed by atoms with Gasteiger partial charge < -0.3 is 24.4 Å². The van der Waals surface area contributed by atoms with Gasteiger partial charge in [0, 0.05) is 12.4 Å². The van der Waals surface area contributed by atoms with Crippen LogP contribution in [0.4, 0.5) is 0 Å². The SMILES string of the molecule is O=C([O-])CC(C(=O)[O-])S(=O)(=O)[O-].[Li+].[Li+].[Li+]. The van der Waals surface area contributed by atoms with Gasteiger partial charge in [0.1, 0.15) is 10.1 Å². The van der Waals surface area contributed by atoms with Crippen molar-refractivity contribution in [3.8, 4) is 0 Å². The average Bonchev–Trinajstić information content (AvgIpc) is 1.79. The van der Waals surface area contributed by atoms with Gasteiger partial charge in [0.2, 0.25) is 0 Å². The molecule has 0 fully saturated rings. The second-order valence-corrected chi connectivity index (χ2v) is 3.43. The van der Waals surface area contributed by atoms with Gasteiger partial charge in [-0.3, -0.25) is 0 Å². The van der Waals surface area contributed by atoms with E-state index in [2.05, 4.69) is 0 Å². The van der Waals surface area contributed by atoms with Crippen molar-refractivity contribution in [1.82, 2.24) is 0 Å². The fourth-order valence-electron chi connectivity index (χ4n) is 0.455. The van der Waals surface area contributed by atoms with Crippen molar-refractivity contribution in [1.29, 1.82) is 0 Å². The summed E-state index contributed by atoms with van der Waals surface area (Å²) in [6.07, 6.45) is -1.39. The van der Waals surface area contributed by atoms with Crippen LogP contribution in [0.5, 0.6) is 0 Å². The largest absolute Gasteiger partial charge is 1.00 e. The Balaban J connectivity index is -0.000000202. The molecule has 0 rings (SSSR count). The summed E-state index contributed by atoms with van der Waals surface area (Å²) < 4.78 is 30.1. The zero-order valence-electron chi connectivity index (χ0n) is 8.55. The number of aliphatic carboxylic acids is 2. The molecule has 0 aliphatic heterocycles. The molecule has 0 saturated heterocycles. The molecule has 15 heavy (non-hydrogen) atoms. The monoisotopic (exact) mass is 216 g/mol. The number of hydrogen-bond donors (Lipinski definition) is 0. The van der Waals surface area contributed by atoms with E-state index < -0.39 is 33.7 Å². The molecule has 0 aromatic heterocycles. The zero-order chi connectivity index (χ0) is 9.94. The molecule has 0 N–H and O–H groups in total. The molecule has 0 heterocycles. The van der Waals surface area contributed by atoms with Crippen LogP contribution in [0.25, 0.3) is 0 Å². The molecule has 0 aliphatic rings. The summed E-state index contributed by atoms with van der Waals surface area (Å²) in [4.78, 5) is 19.7. The summed E-state index contributed by atoms with van der Waals surface area (Å²) in [5, 5.41) is 17.1. The molecule has 0 radical (unpaired) electrons. The van der Waals surface area contributed by atoms with Gasteiger partial charge in [-0.1, -0.05) is 0 Å². The maximum Gasteiger partial charge on any atom is 1.00 e. The van der Waals surface area contributed by atoms with Crippen LogP contribution in [0, 0.1) is 0 Å². The first kappa shape index (κ1) is 24.7. The Labute approximate surface area is 122 Å². The fraction of sp³-hybridized carbons (Fsp3) is 0.500. The molecule has 0 aromatic rings. The maximum atomic E-state index is 10.0. The van der Waals surface area contributed by atoms with Crippen molar-refractivity contribution in [2.24, 2.45) is 0 Å². The van der Waals surface area contributed by atoms with Gasteiger partial charge >= 0.3 is 56.6 Å². The third kappa shape index (κ3) is 10.9. The van der Waals surface area contributed by atoms with E-state index in [1.165, 1.54) is 0 Å². The van der Waals surface area contributed by atoms with Crippen molar-refractivity contribution >= 4 is 22.1 Å². The molecule has 7 nitrogen and oxygen atoms in total. The van der Waals surface area contributed by atoms with E-state index >= 15 is 0 Å². The van der Waals surface area contributed by atoms with Crippen molar-refractivity contribution in [3.63, 3.8) is 0 Å². The van der Waals surface area contributed by atoms with Crippen LogP contribution in [0.2, 0.25) is 0 Å². The molecule has 0 amide bonds. The summed E-state index contributed by atoms with van der Waals surface area (Å²) in [5.74, 6) is -4.18. The van der Waals surface area contributed by atoms with Crippen LogP contribution in [0.1, 0.15) is 6.42 Å². The van der Waals surface area contributed by atoms with E-state index in [9.17, 15) is 32.8 Å². The summed E-state index contributed by atoms with van der Waals surface area (Å²) in [6.45, 7) is 0. The standard InChI is InChI=1S/C4H6O7S.3Li/c5-3(6)1-2(4(7)8)12(9,10)11;;;/h2H,1H2,(H,5,6)(H,7,8)(H,9,10,11);;;/q;3*+1/p-3. The van der Waals surface area contributed by atoms with E-state index in [0.29, 0.717) is 0 Å². The number of rotatable bonds is 4. The van der Waals surface area contributed by atoms with Gasteiger partial charge in [0.25, 0.3) is 0 Å². The zero-order valence-corrected chi connectivity index (χ0v) is 9.37. The number of carbonyl (C=O) groups excluding carboxylic acids is 2. The molecular weight excluding hydrogens is 213 g/mol. The minimum absolute atomic E-state index is 0. The van der Waals surface area contributed by atoms with Gasteiger partial charge in [-0.2, -0.15) is 0 Å². The maximum absolute atomic E-state index is 10.0. The molecule has 0 aliphatic carbocycles. The van der Waals surface area contributed by atoms with Gasteiger partial charge in [0.05, 0.1) is 11.2 Å². The average molecular weight is 216 g/mol. The first-order valence-electron chi connectivity index (χ1n) is 2.60. The van der Waals surface area contributed by atoms with E-state index in [-0.39, 0.29) is 56.6 Å². The van der Waals surface area contributed by atoms with Crippen molar-refractivity contribution < 1.29 is 89.4 Å². The molecule has 0 bridgehead atoms. The Morgan fingerprint density at radius 3 is 1.47 bits per heavy atom. The minimum atomic E-state index is -5.19. The van der Waals surface area contributed by atoms with Crippen LogP contribution in [-0.4, -0.2) is 30.2 Å². The molecule has 0 saturated carbocycles. The summed E-state index contributed by atoms with van der Waals surface area (Å²) in [6, 6.07) is 0. The predicted molar refractivity (Wildman–Crippen MR) is 28.1 cm³/mol. The van der Waals surface area contributed by atoms with Gasteiger partial charge in [-0.25, -0.2) is 8.42 Å². The summed E-state index contributed by atoms with van der Waals surface area (Å²) >= 11 is 0. The second kappa shape index (κ2) is 9.84. The van der Waals surface area contributed by atoms with Crippen LogP contribution in [0.15, 0.2) is 0 Å². The molecule has 1 unspecified atom stereocenters. The summed E-state index contributed by atoms with van der Waals surface area (Å²) in [5.41, 5.74) is 0. The first-order valence-corrected chi connectivity index (χ1v) is 4.07. The molecule has 0 spiro atoms. The van der Waals surface area contributed by atoms with Gasteiger partial charge in [-0.15, -0.1) is 0 Å². The number of hydrogen-bond acceptors (Lipinski definition) is 7. The molecule has 0 aromatic carbocycles. The Morgan fingerprint density at radius 1 is 1.07 bits per heavy atom.